The molecule has 1 fully saturated rings. The molecule has 0 unspecified atom stereocenters. The number of thioether (sulfide) groups is 1. The van der Waals surface area contributed by atoms with E-state index in [4.69, 9.17) is 9.15 Å². The average molecular weight is 464 g/mol. The molecule has 12 heteroatoms. The molecule has 2 N–H and O–H groups in total. The van der Waals surface area contributed by atoms with Gasteiger partial charge in [-0.15, -0.1) is 10.2 Å². The van der Waals surface area contributed by atoms with Crippen molar-refractivity contribution in [2.75, 3.05) is 32.1 Å². The predicted octanol–water partition coefficient (Wildman–Crippen LogP) is 1.49. The van der Waals surface area contributed by atoms with Gasteiger partial charge in [-0.05, 0) is 29.8 Å². The van der Waals surface area contributed by atoms with Crippen LogP contribution in [-0.4, -0.2) is 65.9 Å². The zero-order valence-corrected chi connectivity index (χ0v) is 18.1. The number of hydrogen-bond donors (Lipinski definition) is 2. The largest absolute Gasteiger partial charge is 0.410 e. The number of H-pyrrole nitrogens is 1. The van der Waals surface area contributed by atoms with E-state index in [-0.39, 0.29) is 23.1 Å². The van der Waals surface area contributed by atoms with Crippen molar-refractivity contribution in [3.8, 4) is 11.6 Å². The number of carbonyl (C=O) groups is 1. The van der Waals surface area contributed by atoms with Crippen LogP contribution in [0.2, 0.25) is 0 Å². The van der Waals surface area contributed by atoms with Crippen LogP contribution < -0.4 is 5.32 Å². The summed E-state index contributed by atoms with van der Waals surface area (Å²) in [6, 6.07) is 10.1. The SMILES string of the molecule is O=C(CSc1nnc(-c2ccc[nH]2)o1)NCc1ccc(S(=O)(=O)N2CCOCC2)cc1. The van der Waals surface area contributed by atoms with Crippen molar-refractivity contribution in [1.82, 2.24) is 24.8 Å². The molecule has 0 saturated carbocycles. The van der Waals surface area contributed by atoms with Gasteiger partial charge in [0.1, 0.15) is 5.69 Å². The first-order valence-electron chi connectivity index (χ1n) is 9.56. The number of aromatic amines is 1. The van der Waals surface area contributed by atoms with E-state index < -0.39 is 10.0 Å². The maximum atomic E-state index is 12.6. The molecular weight excluding hydrogens is 442 g/mol. The Balaban J connectivity index is 1.26. The van der Waals surface area contributed by atoms with Crippen molar-refractivity contribution in [3.05, 3.63) is 48.2 Å². The van der Waals surface area contributed by atoms with Gasteiger partial charge in [0.15, 0.2) is 0 Å². The van der Waals surface area contributed by atoms with Gasteiger partial charge < -0.3 is 19.5 Å². The molecule has 1 amide bonds. The number of benzene rings is 1. The molecule has 0 atom stereocenters. The fraction of sp³-hybridized carbons (Fsp3) is 0.316. The Kier molecular flexibility index (Phi) is 6.70. The van der Waals surface area contributed by atoms with E-state index in [2.05, 4.69) is 20.5 Å². The Morgan fingerprint density at radius 1 is 1.16 bits per heavy atom. The highest BCUT2D eigenvalue weighted by molar-refractivity contribution is 7.99. The number of sulfonamides is 1. The molecule has 0 bridgehead atoms. The molecule has 0 spiro atoms. The third kappa shape index (κ3) is 5.34. The third-order valence-corrected chi connectivity index (χ3v) is 7.31. The van der Waals surface area contributed by atoms with Gasteiger partial charge >= 0.3 is 0 Å². The Morgan fingerprint density at radius 3 is 2.65 bits per heavy atom. The zero-order chi connectivity index (χ0) is 21.7. The highest BCUT2D eigenvalue weighted by atomic mass is 32.2. The lowest BCUT2D eigenvalue weighted by atomic mass is 10.2. The third-order valence-electron chi connectivity index (χ3n) is 4.58. The molecule has 1 saturated heterocycles. The lowest BCUT2D eigenvalue weighted by Crippen LogP contribution is -2.40. The summed E-state index contributed by atoms with van der Waals surface area (Å²) < 4.78 is 37.4. The van der Waals surface area contributed by atoms with E-state index in [1.165, 1.54) is 4.31 Å². The normalized spacial score (nSPS) is 15.1. The van der Waals surface area contributed by atoms with Crippen molar-refractivity contribution in [1.29, 1.82) is 0 Å². The number of hydrogen-bond acceptors (Lipinski definition) is 8. The summed E-state index contributed by atoms with van der Waals surface area (Å²) in [5, 5.41) is 10.9. The number of amides is 1. The van der Waals surface area contributed by atoms with Gasteiger partial charge in [0.25, 0.3) is 11.1 Å². The van der Waals surface area contributed by atoms with Crippen LogP contribution in [0, 0.1) is 0 Å². The van der Waals surface area contributed by atoms with Crippen LogP contribution in [0.5, 0.6) is 0 Å². The Hall–Kier alpha value is -2.67. The Morgan fingerprint density at radius 2 is 1.94 bits per heavy atom. The maximum Gasteiger partial charge on any atom is 0.277 e. The standard InChI is InChI=1S/C19H21N5O5S2/c25-17(13-30-19-23-22-18(29-19)16-2-1-7-20-16)21-12-14-3-5-15(6-4-14)31(26,27)24-8-10-28-11-9-24/h1-7,20H,8-13H2,(H,21,25). The van der Waals surface area contributed by atoms with Crippen molar-refractivity contribution in [2.24, 2.45) is 0 Å². The topological polar surface area (TPSA) is 130 Å². The second-order valence-electron chi connectivity index (χ2n) is 6.68. The Bertz CT molecular complexity index is 1110. The van der Waals surface area contributed by atoms with Crippen LogP contribution in [-0.2, 0) is 26.1 Å². The zero-order valence-electron chi connectivity index (χ0n) is 16.5. The Labute approximate surface area is 183 Å². The average Bonchev–Trinajstić information content (AvgIpc) is 3.49. The molecule has 3 heterocycles. The summed E-state index contributed by atoms with van der Waals surface area (Å²) in [5.41, 5.74) is 1.51. The van der Waals surface area contributed by atoms with Crippen molar-refractivity contribution < 1.29 is 22.4 Å². The molecular formula is C19H21N5O5S2. The maximum absolute atomic E-state index is 12.6. The number of nitrogens with one attached hydrogen (secondary N) is 2. The van der Waals surface area contributed by atoms with Crippen LogP contribution in [0.1, 0.15) is 5.56 Å². The van der Waals surface area contributed by atoms with Gasteiger partial charge in [-0.2, -0.15) is 4.31 Å². The smallest absolute Gasteiger partial charge is 0.277 e. The van der Waals surface area contributed by atoms with Gasteiger partial charge in [-0.3, -0.25) is 4.79 Å². The minimum absolute atomic E-state index is 0.121. The summed E-state index contributed by atoms with van der Waals surface area (Å²) in [4.78, 5) is 15.3. The monoisotopic (exact) mass is 463 g/mol. The first kappa shape index (κ1) is 21.6. The number of nitrogens with zero attached hydrogens (tertiary/aromatic N) is 3. The minimum atomic E-state index is -3.53. The van der Waals surface area contributed by atoms with Crippen LogP contribution in [0.15, 0.2) is 57.1 Å². The van der Waals surface area contributed by atoms with Gasteiger partial charge in [0.2, 0.25) is 15.9 Å². The van der Waals surface area contributed by atoms with E-state index in [9.17, 15) is 13.2 Å². The lowest BCUT2D eigenvalue weighted by Gasteiger charge is -2.26. The van der Waals surface area contributed by atoms with Crippen LogP contribution in [0.3, 0.4) is 0 Å². The molecule has 4 rings (SSSR count). The highest BCUT2D eigenvalue weighted by Crippen LogP contribution is 2.22. The summed E-state index contributed by atoms with van der Waals surface area (Å²) in [7, 11) is -3.53. The van der Waals surface area contributed by atoms with Gasteiger partial charge in [-0.1, -0.05) is 23.9 Å². The molecule has 1 aliphatic rings. The summed E-state index contributed by atoms with van der Waals surface area (Å²) in [5.74, 6) is 0.283. The molecule has 1 aliphatic heterocycles. The molecule has 10 nitrogen and oxygen atoms in total. The molecule has 0 radical (unpaired) electrons. The van der Waals surface area contributed by atoms with E-state index >= 15 is 0 Å². The molecule has 1 aromatic carbocycles. The van der Waals surface area contributed by atoms with Crippen LogP contribution in [0.25, 0.3) is 11.6 Å². The molecule has 0 aliphatic carbocycles. The fourth-order valence-corrected chi connectivity index (χ4v) is 4.94. The number of carbonyl (C=O) groups excluding carboxylic acids is 1. The van der Waals surface area contributed by atoms with E-state index in [1.807, 2.05) is 12.1 Å². The van der Waals surface area contributed by atoms with Crippen molar-refractivity contribution in [2.45, 2.75) is 16.7 Å². The number of ether oxygens (including phenoxy) is 1. The molecule has 3 aromatic rings. The summed E-state index contributed by atoms with van der Waals surface area (Å²) >= 11 is 1.14. The molecule has 164 valence electrons. The first-order valence-corrected chi connectivity index (χ1v) is 12.0. The van der Waals surface area contributed by atoms with Gasteiger partial charge in [0, 0.05) is 25.8 Å². The van der Waals surface area contributed by atoms with Gasteiger partial charge in [-0.25, -0.2) is 8.42 Å². The van der Waals surface area contributed by atoms with E-state index in [1.54, 1.807) is 30.5 Å². The van der Waals surface area contributed by atoms with Crippen LogP contribution in [0.4, 0.5) is 0 Å². The van der Waals surface area contributed by atoms with Crippen molar-refractivity contribution >= 4 is 27.7 Å². The second kappa shape index (κ2) is 9.64. The van der Waals surface area contributed by atoms with E-state index in [0.717, 1.165) is 17.3 Å². The van der Waals surface area contributed by atoms with Gasteiger partial charge in [0.05, 0.1) is 23.9 Å². The summed E-state index contributed by atoms with van der Waals surface area (Å²) in [6.45, 7) is 1.79. The highest BCUT2D eigenvalue weighted by Gasteiger charge is 2.26. The predicted molar refractivity (Wildman–Crippen MR) is 113 cm³/mol. The first-order chi connectivity index (χ1) is 15.0. The number of aromatic nitrogens is 3. The van der Waals surface area contributed by atoms with Crippen molar-refractivity contribution in [3.63, 3.8) is 0 Å². The lowest BCUT2D eigenvalue weighted by molar-refractivity contribution is -0.118. The number of morpholine rings is 1. The number of rotatable bonds is 8. The molecule has 31 heavy (non-hydrogen) atoms. The van der Waals surface area contributed by atoms with E-state index in [0.29, 0.717) is 43.1 Å². The van der Waals surface area contributed by atoms with Crippen LogP contribution >= 0.6 is 11.8 Å². The fourth-order valence-electron chi connectivity index (χ4n) is 2.93. The quantitative estimate of drug-likeness (QED) is 0.481. The summed E-state index contributed by atoms with van der Waals surface area (Å²) in [6.07, 6.45) is 1.75. The minimum Gasteiger partial charge on any atom is -0.410 e. The molecule has 2 aromatic heterocycles. The second-order valence-corrected chi connectivity index (χ2v) is 9.55.